The van der Waals surface area contributed by atoms with Crippen LogP contribution < -0.4 is 4.74 Å². The summed E-state index contributed by atoms with van der Waals surface area (Å²) in [6.45, 7) is 2.12. The zero-order valence-corrected chi connectivity index (χ0v) is 17.5. The Morgan fingerprint density at radius 1 is 1.00 bits per heavy atom. The molecule has 2 amide bonds. The maximum absolute atomic E-state index is 13.1. The second kappa shape index (κ2) is 7.84. The summed E-state index contributed by atoms with van der Waals surface area (Å²) in [6, 6.07) is 17.2. The summed E-state index contributed by atoms with van der Waals surface area (Å²) >= 11 is 0. The minimum atomic E-state index is -0.521. The Morgan fingerprint density at radius 2 is 1.71 bits per heavy atom. The van der Waals surface area contributed by atoms with E-state index in [1.807, 2.05) is 59.5 Å². The van der Waals surface area contributed by atoms with Crippen LogP contribution in [-0.2, 0) is 16.1 Å². The molecule has 2 fully saturated rings. The molecule has 3 aliphatic rings. The average Bonchev–Trinajstić information content (AvgIpc) is 3.15. The lowest BCUT2D eigenvalue weighted by Crippen LogP contribution is -2.53. The SMILES string of the molecule is O=C1CC2(CCN(C(=O)C3CC(=O)N(Cc4ccccc4)C3)CC2)Oc2ccccc21. The summed E-state index contributed by atoms with van der Waals surface area (Å²) in [5, 5.41) is 0. The van der Waals surface area contributed by atoms with Crippen molar-refractivity contribution in [2.24, 2.45) is 5.92 Å². The molecule has 1 unspecified atom stereocenters. The number of benzene rings is 2. The van der Waals surface area contributed by atoms with E-state index in [-0.39, 0.29) is 29.9 Å². The van der Waals surface area contributed by atoms with Crippen molar-refractivity contribution in [3.05, 3.63) is 65.7 Å². The summed E-state index contributed by atoms with van der Waals surface area (Å²) in [6.07, 6.45) is 1.90. The molecule has 0 radical (unpaired) electrons. The number of likely N-dealkylation sites (tertiary alicyclic amines) is 2. The van der Waals surface area contributed by atoms with E-state index in [2.05, 4.69) is 0 Å². The zero-order chi connectivity index (χ0) is 21.4. The van der Waals surface area contributed by atoms with Crippen LogP contribution in [0.15, 0.2) is 54.6 Å². The van der Waals surface area contributed by atoms with Crippen LogP contribution in [0.2, 0.25) is 0 Å². The van der Waals surface area contributed by atoms with Crippen LogP contribution >= 0.6 is 0 Å². The molecule has 0 aliphatic carbocycles. The van der Waals surface area contributed by atoms with Crippen molar-refractivity contribution in [2.45, 2.75) is 37.8 Å². The Bertz CT molecular complexity index is 1010. The van der Waals surface area contributed by atoms with Crippen LogP contribution in [0, 0.1) is 5.92 Å². The third kappa shape index (κ3) is 3.82. The standard InChI is InChI=1S/C25H26N2O4/c28-21-15-25(31-22-9-5-4-8-20(21)22)10-12-26(13-11-25)24(30)19-14-23(29)27(17-19)16-18-6-2-1-3-7-18/h1-9,19H,10-17H2. The Morgan fingerprint density at radius 3 is 2.48 bits per heavy atom. The normalized spacial score (nSPS) is 22.4. The van der Waals surface area contributed by atoms with E-state index in [1.165, 1.54) is 0 Å². The van der Waals surface area contributed by atoms with Crippen LogP contribution in [0.5, 0.6) is 5.75 Å². The van der Waals surface area contributed by atoms with Gasteiger partial charge < -0.3 is 14.5 Å². The number of para-hydroxylation sites is 1. The Kier molecular flexibility index (Phi) is 5.00. The first kappa shape index (κ1) is 19.8. The number of nitrogens with zero attached hydrogens (tertiary/aromatic N) is 2. The molecule has 1 atom stereocenters. The van der Waals surface area contributed by atoms with E-state index in [4.69, 9.17) is 4.74 Å². The predicted octanol–water partition coefficient (Wildman–Crippen LogP) is 3.06. The molecule has 2 saturated heterocycles. The highest BCUT2D eigenvalue weighted by Crippen LogP contribution is 2.39. The van der Waals surface area contributed by atoms with Gasteiger partial charge in [-0.3, -0.25) is 14.4 Å². The maximum atomic E-state index is 13.1. The van der Waals surface area contributed by atoms with Crippen molar-refractivity contribution in [3.63, 3.8) is 0 Å². The minimum Gasteiger partial charge on any atom is -0.486 e. The number of carbonyl (C=O) groups excluding carboxylic acids is 3. The minimum absolute atomic E-state index is 0.0356. The number of hydrogen-bond donors (Lipinski definition) is 0. The summed E-state index contributed by atoms with van der Waals surface area (Å²) in [5.74, 6) is 0.547. The predicted molar refractivity (Wildman–Crippen MR) is 115 cm³/mol. The highest BCUT2D eigenvalue weighted by molar-refractivity contribution is 6.00. The van der Waals surface area contributed by atoms with Crippen LogP contribution in [0.4, 0.5) is 0 Å². The van der Waals surface area contributed by atoms with E-state index in [1.54, 1.807) is 4.90 Å². The van der Waals surface area contributed by atoms with Crippen molar-refractivity contribution in [2.75, 3.05) is 19.6 Å². The van der Waals surface area contributed by atoms with Gasteiger partial charge in [0.05, 0.1) is 17.9 Å². The molecule has 31 heavy (non-hydrogen) atoms. The third-order valence-corrected chi connectivity index (χ3v) is 6.76. The van der Waals surface area contributed by atoms with Gasteiger partial charge in [0.1, 0.15) is 11.4 Å². The number of rotatable bonds is 3. The van der Waals surface area contributed by atoms with Crippen LogP contribution in [0.3, 0.4) is 0 Å². The van der Waals surface area contributed by atoms with Crippen molar-refractivity contribution in [3.8, 4) is 5.75 Å². The molecule has 160 valence electrons. The number of carbonyl (C=O) groups is 3. The largest absolute Gasteiger partial charge is 0.486 e. The number of ether oxygens (including phenoxy) is 1. The molecular formula is C25H26N2O4. The molecular weight excluding hydrogens is 392 g/mol. The van der Waals surface area contributed by atoms with Gasteiger partial charge in [-0.1, -0.05) is 42.5 Å². The van der Waals surface area contributed by atoms with Gasteiger partial charge in [-0.2, -0.15) is 0 Å². The lowest BCUT2D eigenvalue weighted by molar-refractivity contribution is -0.139. The summed E-state index contributed by atoms with van der Waals surface area (Å²) < 4.78 is 6.26. The molecule has 6 nitrogen and oxygen atoms in total. The second-order valence-electron chi connectivity index (χ2n) is 8.87. The van der Waals surface area contributed by atoms with E-state index >= 15 is 0 Å². The van der Waals surface area contributed by atoms with Gasteiger partial charge in [0.15, 0.2) is 5.78 Å². The molecule has 1 spiro atoms. The molecule has 0 bridgehead atoms. The maximum Gasteiger partial charge on any atom is 0.227 e. The molecule has 0 saturated carbocycles. The number of Topliss-reactive ketones (excluding diaryl/α,β-unsaturated/α-hetero) is 1. The highest BCUT2D eigenvalue weighted by Gasteiger charge is 2.45. The first-order valence-corrected chi connectivity index (χ1v) is 10.9. The van der Waals surface area contributed by atoms with Gasteiger partial charge in [-0.05, 0) is 17.7 Å². The fraction of sp³-hybridized carbons (Fsp3) is 0.400. The first-order chi connectivity index (χ1) is 15.0. The summed E-state index contributed by atoms with van der Waals surface area (Å²) in [5.41, 5.74) is 1.20. The van der Waals surface area contributed by atoms with Gasteiger partial charge in [-0.15, -0.1) is 0 Å². The molecule has 6 heteroatoms. The number of hydrogen-bond acceptors (Lipinski definition) is 4. The summed E-state index contributed by atoms with van der Waals surface area (Å²) in [7, 11) is 0. The van der Waals surface area contributed by atoms with Crippen molar-refractivity contribution >= 4 is 17.6 Å². The molecule has 3 aliphatic heterocycles. The van der Waals surface area contributed by atoms with Crippen LogP contribution in [-0.4, -0.2) is 52.6 Å². The van der Waals surface area contributed by atoms with E-state index in [0.29, 0.717) is 56.8 Å². The quantitative estimate of drug-likeness (QED) is 0.768. The fourth-order valence-corrected chi connectivity index (χ4v) is 5.01. The zero-order valence-electron chi connectivity index (χ0n) is 17.5. The monoisotopic (exact) mass is 418 g/mol. The molecule has 3 heterocycles. The van der Waals surface area contributed by atoms with Gasteiger partial charge in [-0.25, -0.2) is 0 Å². The molecule has 2 aromatic carbocycles. The third-order valence-electron chi connectivity index (χ3n) is 6.76. The highest BCUT2D eigenvalue weighted by atomic mass is 16.5. The van der Waals surface area contributed by atoms with Crippen molar-refractivity contribution in [1.82, 2.24) is 9.80 Å². The lowest BCUT2D eigenvalue weighted by Gasteiger charge is -2.44. The molecule has 0 N–H and O–H groups in total. The van der Waals surface area contributed by atoms with E-state index in [0.717, 1.165) is 5.56 Å². The van der Waals surface area contributed by atoms with E-state index < -0.39 is 5.60 Å². The van der Waals surface area contributed by atoms with Crippen LogP contribution in [0.25, 0.3) is 0 Å². The van der Waals surface area contributed by atoms with Crippen molar-refractivity contribution in [1.29, 1.82) is 0 Å². The molecule has 2 aromatic rings. The number of ketones is 1. The Hall–Kier alpha value is -3.15. The van der Waals surface area contributed by atoms with Gasteiger partial charge in [0.25, 0.3) is 0 Å². The first-order valence-electron chi connectivity index (χ1n) is 10.9. The average molecular weight is 418 g/mol. The molecule has 0 aromatic heterocycles. The van der Waals surface area contributed by atoms with E-state index in [9.17, 15) is 14.4 Å². The fourth-order valence-electron chi connectivity index (χ4n) is 5.01. The topological polar surface area (TPSA) is 66.9 Å². The number of amides is 2. The summed E-state index contributed by atoms with van der Waals surface area (Å²) in [4.78, 5) is 41.8. The van der Waals surface area contributed by atoms with Gasteiger partial charge in [0.2, 0.25) is 11.8 Å². The van der Waals surface area contributed by atoms with Crippen LogP contribution in [0.1, 0.15) is 41.6 Å². The Labute approximate surface area is 181 Å². The van der Waals surface area contributed by atoms with Crippen molar-refractivity contribution < 1.29 is 19.1 Å². The number of piperidine rings is 1. The lowest BCUT2D eigenvalue weighted by atomic mass is 9.82. The Balaban J connectivity index is 1.20. The number of fused-ring (bicyclic) bond motifs is 1. The van der Waals surface area contributed by atoms with Gasteiger partial charge in [0, 0.05) is 45.4 Å². The van der Waals surface area contributed by atoms with Gasteiger partial charge >= 0.3 is 0 Å². The smallest absolute Gasteiger partial charge is 0.227 e. The second-order valence-corrected chi connectivity index (χ2v) is 8.87. The molecule has 5 rings (SSSR count).